The molecule has 81 heavy (non-hydrogen) atoms. The van der Waals surface area contributed by atoms with Crippen LogP contribution < -0.4 is 25.4 Å². The Morgan fingerprint density at radius 1 is 0.593 bits per heavy atom. The minimum atomic E-state index is -2.49. The first-order valence-electron chi connectivity index (χ1n) is 25.2. The van der Waals surface area contributed by atoms with Crippen molar-refractivity contribution in [3.8, 4) is 22.6 Å². The number of amides is 4. The van der Waals surface area contributed by atoms with Crippen molar-refractivity contribution in [2.75, 3.05) is 20.7 Å². The Hall–Kier alpha value is -8.72. The highest BCUT2D eigenvalue weighted by Crippen LogP contribution is 2.34. The fourth-order valence-corrected chi connectivity index (χ4v) is 8.17. The molecule has 0 saturated carbocycles. The van der Waals surface area contributed by atoms with Crippen LogP contribution in [0.15, 0.2) is 127 Å². The third-order valence-electron chi connectivity index (χ3n) is 12.1. The molecule has 0 radical (unpaired) electrons. The Bertz CT molecular complexity index is 3150. The number of esters is 2. The summed E-state index contributed by atoms with van der Waals surface area (Å²) in [6.45, 7) is 4.64. The van der Waals surface area contributed by atoms with Crippen molar-refractivity contribution in [1.29, 1.82) is 0 Å². The van der Waals surface area contributed by atoms with Crippen molar-refractivity contribution in [1.82, 2.24) is 20.9 Å². The monoisotopic (exact) mass is 1140 g/mol. The van der Waals surface area contributed by atoms with E-state index >= 15 is 0 Å². The molecule has 6 rings (SSSR count). The van der Waals surface area contributed by atoms with Gasteiger partial charge in [0, 0.05) is 31.5 Å². The minimum absolute atomic E-state index is 0.0226. The van der Waals surface area contributed by atoms with Crippen molar-refractivity contribution in [3.05, 3.63) is 189 Å². The summed E-state index contributed by atoms with van der Waals surface area (Å²) in [6, 6.07) is 31.0. The molecule has 0 aromatic heterocycles. The fourth-order valence-electron chi connectivity index (χ4n) is 7.97. The summed E-state index contributed by atoms with van der Waals surface area (Å²) in [7, 11) is 2.46. The molecule has 22 heteroatoms. The van der Waals surface area contributed by atoms with Crippen molar-refractivity contribution in [2.45, 2.75) is 90.0 Å². The standard InChI is InChI=1S/C59H58ClF5N4O12/c1-59(2,3)81-58(75)67-43(22-15-27-66-56(73)78-33-36-18-11-7-12-19-36)53(70)69(4)45(55(72)76-5)31-40-28-38(23-25-42(40)60)39-24-26-46(77-32-35-16-9-6-10-17-35)41(29-39)30-44(68-57(74)79-34-37-20-13-8-14-21-37)54(71)80-52-50(64)48(62)47(61)49(63)51(52)65/h6-14,16-21,23-26,28-29,43-45H,15,22,27,30-34H2,1-5H3,(H,66,73)(H,67,75)(H,68,74)/t43-,44-,45-/m0/s1. The molecule has 0 bridgehead atoms. The van der Waals surface area contributed by atoms with Gasteiger partial charge in [-0.1, -0.05) is 115 Å². The summed E-state index contributed by atoms with van der Waals surface area (Å²) in [5, 5.41) is 7.63. The summed E-state index contributed by atoms with van der Waals surface area (Å²) in [6.07, 6.45) is -3.57. The first-order chi connectivity index (χ1) is 38.6. The lowest BCUT2D eigenvalue weighted by molar-refractivity contribution is -0.152. The van der Waals surface area contributed by atoms with Gasteiger partial charge in [0.2, 0.25) is 40.7 Å². The highest BCUT2D eigenvalue weighted by atomic mass is 35.5. The van der Waals surface area contributed by atoms with Crippen LogP contribution in [0.1, 0.15) is 61.4 Å². The predicted octanol–water partition coefficient (Wildman–Crippen LogP) is 10.9. The molecule has 428 valence electrons. The smallest absolute Gasteiger partial charge is 0.408 e. The largest absolute Gasteiger partial charge is 0.489 e. The first-order valence-corrected chi connectivity index (χ1v) is 25.6. The topological polar surface area (TPSA) is 197 Å². The van der Waals surface area contributed by atoms with E-state index in [1.54, 1.807) is 124 Å². The van der Waals surface area contributed by atoms with Gasteiger partial charge in [0.05, 0.1) is 7.11 Å². The number of rotatable bonds is 23. The maximum absolute atomic E-state index is 14.9. The number of benzene rings is 6. The van der Waals surface area contributed by atoms with Crippen molar-refractivity contribution < 1.29 is 79.1 Å². The maximum atomic E-state index is 14.9. The molecule has 3 atom stereocenters. The zero-order valence-corrected chi connectivity index (χ0v) is 45.4. The van der Waals surface area contributed by atoms with Gasteiger partial charge >= 0.3 is 30.2 Å². The van der Waals surface area contributed by atoms with Crippen LogP contribution in [0, 0.1) is 29.1 Å². The van der Waals surface area contributed by atoms with Crippen LogP contribution in [0.5, 0.6) is 11.5 Å². The number of nitrogens with one attached hydrogen (secondary N) is 3. The molecular formula is C59H58ClF5N4O12. The lowest BCUT2D eigenvalue weighted by Gasteiger charge is -2.31. The normalized spacial score (nSPS) is 12.2. The number of ether oxygens (including phenoxy) is 6. The van der Waals surface area contributed by atoms with Gasteiger partial charge in [-0.05, 0) is 96.8 Å². The zero-order valence-electron chi connectivity index (χ0n) is 44.6. The van der Waals surface area contributed by atoms with Gasteiger partial charge in [-0.3, -0.25) is 4.79 Å². The van der Waals surface area contributed by atoms with Crippen LogP contribution in [-0.4, -0.2) is 85.5 Å². The number of carbonyl (C=O) groups excluding carboxylic acids is 6. The van der Waals surface area contributed by atoms with Gasteiger partial charge in [-0.25, -0.2) is 37.1 Å². The van der Waals surface area contributed by atoms with Crippen LogP contribution >= 0.6 is 11.6 Å². The Labute approximate surface area is 468 Å². The second kappa shape index (κ2) is 28.9. The Morgan fingerprint density at radius 3 is 1.65 bits per heavy atom. The number of halogens is 6. The van der Waals surface area contributed by atoms with Crippen LogP contribution in [0.25, 0.3) is 11.1 Å². The number of hydrogen-bond acceptors (Lipinski definition) is 12. The van der Waals surface area contributed by atoms with Gasteiger partial charge in [0.1, 0.15) is 49.3 Å². The number of nitrogens with zero attached hydrogens (tertiary/aromatic N) is 1. The fraction of sp³-hybridized carbons (Fsp3) is 0.288. The molecule has 6 aromatic rings. The molecule has 0 unspecified atom stereocenters. The van der Waals surface area contributed by atoms with E-state index in [2.05, 4.69) is 16.0 Å². The van der Waals surface area contributed by atoms with E-state index in [0.717, 1.165) is 17.6 Å². The van der Waals surface area contributed by atoms with Crippen LogP contribution in [0.4, 0.5) is 36.3 Å². The molecule has 0 fully saturated rings. The number of likely N-dealkylation sites (N-methyl/N-ethyl adjacent to an activating group) is 1. The zero-order chi connectivity index (χ0) is 58.8. The molecule has 0 aliphatic carbocycles. The SMILES string of the molecule is COC(=O)[C@H](Cc1cc(-c2ccc(OCc3ccccc3)c(C[C@H](NC(=O)OCc3ccccc3)C(=O)Oc3c(F)c(F)c(F)c(F)c3F)c2)ccc1Cl)N(C)C(=O)[C@H](CCCNC(=O)OCc1ccccc1)NC(=O)OC(C)(C)C. The third kappa shape index (κ3) is 17.9. The number of alkyl carbamates (subject to hydrolysis) is 3. The maximum Gasteiger partial charge on any atom is 0.408 e. The molecule has 6 aromatic carbocycles. The van der Waals surface area contributed by atoms with Gasteiger partial charge in [0.25, 0.3) is 0 Å². The van der Waals surface area contributed by atoms with Crippen molar-refractivity contribution in [2.24, 2.45) is 0 Å². The number of methoxy groups -OCH3 is 1. The van der Waals surface area contributed by atoms with E-state index in [0.29, 0.717) is 27.8 Å². The second-order valence-corrected chi connectivity index (χ2v) is 19.6. The lowest BCUT2D eigenvalue weighted by atomic mass is 9.95. The molecule has 0 heterocycles. The highest BCUT2D eigenvalue weighted by molar-refractivity contribution is 6.31. The van der Waals surface area contributed by atoms with E-state index in [-0.39, 0.29) is 62.0 Å². The van der Waals surface area contributed by atoms with E-state index in [1.165, 1.54) is 25.2 Å². The molecule has 16 nitrogen and oxygen atoms in total. The molecule has 4 amide bonds. The van der Waals surface area contributed by atoms with Crippen LogP contribution in [-0.2, 0) is 66.0 Å². The van der Waals surface area contributed by atoms with Gasteiger partial charge < -0.3 is 49.3 Å². The summed E-state index contributed by atoms with van der Waals surface area (Å²) < 4.78 is 105. The Balaban J connectivity index is 1.29. The minimum Gasteiger partial charge on any atom is -0.489 e. The van der Waals surface area contributed by atoms with Crippen molar-refractivity contribution >= 4 is 47.7 Å². The van der Waals surface area contributed by atoms with Gasteiger partial charge in [-0.2, -0.15) is 8.78 Å². The summed E-state index contributed by atoms with van der Waals surface area (Å²) >= 11 is 6.79. The van der Waals surface area contributed by atoms with Crippen LogP contribution in [0.2, 0.25) is 5.02 Å². The number of hydrogen-bond donors (Lipinski definition) is 3. The summed E-state index contributed by atoms with van der Waals surface area (Å²) in [4.78, 5) is 81.9. The Kier molecular flexibility index (Phi) is 22.0. The first kappa shape index (κ1) is 61.5. The average molecular weight is 1150 g/mol. The molecular weight excluding hydrogens is 1090 g/mol. The quantitative estimate of drug-likeness (QED) is 0.0105. The molecule has 3 N–H and O–H groups in total. The lowest BCUT2D eigenvalue weighted by Crippen LogP contribution is -2.53. The predicted molar refractivity (Wildman–Crippen MR) is 286 cm³/mol. The molecule has 0 saturated heterocycles. The number of carbonyl (C=O) groups is 6. The van der Waals surface area contributed by atoms with Crippen molar-refractivity contribution in [3.63, 3.8) is 0 Å². The molecule has 0 aliphatic heterocycles. The van der Waals surface area contributed by atoms with Crippen LogP contribution in [0.3, 0.4) is 0 Å². The summed E-state index contributed by atoms with van der Waals surface area (Å²) in [5.41, 5.74) is 2.36. The third-order valence-corrected chi connectivity index (χ3v) is 12.5. The molecule has 0 aliphatic rings. The van der Waals surface area contributed by atoms with Gasteiger partial charge in [-0.15, -0.1) is 0 Å². The van der Waals surface area contributed by atoms with E-state index in [4.69, 9.17) is 40.0 Å². The highest BCUT2D eigenvalue weighted by Gasteiger charge is 2.36. The second-order valence-electron chi connectivity index (χ2n) is 19.2. The van der Waals surface area contributed by atoms with E-state index < -0.39 is 101 Å². The van der Waals surface area contributed by atoms with E-state index in [9.17, 15) is 50.7 Å². The average Bonchev–Trinajstić information content (AvgIpc) is 3.47. The Morgan fingerprint density at radius 2 is 1.10 bits per heavy atom. The van der Waals surface area contributed by atoms with Gasteiger partial charge in [0.15, 0.2) is 0 Å². The molecule has 0 spiro atoms. The summed E-state index contributed by atoms with van der Waals surface area (Å²) in [5.74, 6) is -17.2. The van der Waals surface area contributed by atoms with E-state index in [1.807, 2.05) is 6.07 Å².